The first kappa shape index (κ1) is 19.3. The number of imidazole rings is 1. The van der Waals surface area contributed by atoms with Crippen LogP contribution in [0, 0.1) is 0 Å². The number of methoxy groups -OCH3 is 1. The number of nitrogens with zero attached hydrogens (tertiary/aromatic N) is 3. The molecule has 11 nitrogen and oxygen atoms in total. The maximum Gasteiger partial charge on any atom is 0.280 e. The van der Waals surface area contributed by atoms with E-state index in [-0.39, 0.29) is 30.5 Å². The van der Waals surface area contributed by atoms with Gasteiger partial charge in [0.1, 0.15) is 24.1 Å². The summed E-state index contributed by atoms with van der Waals surface area (Å²) in [6, 6.07) is 9.16. The Balaban J connectivity index is 1.54. The van der Waals surface area contributed by atoms with E-state index in [1.165, 1.54) is 18.0 Å². The van der Waals surface area contributed by atoms with Crippen molar-refractivity contribution in [3.63, 3.8) is 0 Å². The average molecular weight is 403 g/mol. The molecular weight excluding hydrogens is 382 g/mol. The molecule has 4 rings (SSSR count). The van der Waals surface area contributed by atoms with Gasteiger partial charge in [-0.1, -0.05) is 18.2 Å². The molecule has 3 heterocycles. The molecule has 1 fully saturated rings. The normalized spacial score (nSPS) is 24.2. The van der Waals surface area contributed by atoms with Gasteiger partial charge in [0.05, 0.1) is 12.9 Å². The van der Waals surface area contributed by atoms with Crippen LogP contribution in [0.1, 0.15) is 6.23 Å². The number of nitrogen functional groups attached to an aromatic ring is 1. The number of nitrogens with two attached hydrogens (primary N) is 1. The number of fused-ring (bicyclic) bond motifs is 1. The van der Waals surface area contributed by atoms with Crippen LogP contribution in [0.3, 0.4) is 0 Å². The van der Waals surface area contributed by atoms with Crippen LogP contribution < -0.4 is 16.0 Å². The predicted octanol–water partition coefficient (Wildman–Crippen LogP) is 0.0282. The first-order valence-electron chi connectivity index (χ1n) is 8.92. The lowest BCUT2D eigenvalue weighted by Gasteiger charge is -2.20. The Labute approximate surface area is 165 Å². The smallest absolute Gasteiger partial charge is 0.280 e. The van der Waals surface area contributed by atoms with Crippen molar-refractivity contribution in [3.8, 4) is 5.75 Å². The topological polar surface area (TPSA) is 147 Å². The number of hydrogen-bond acceptors (Lipinski definition) is 9. The maximum atomic E-state index is 12.0. The summed E-state index contributed by atoms with van der Waals surface area (Å²) in [5.41, 5.74) is 5.46. The van der Waals surface area contributed by atoms with Crippen molar-refractivity contribution in [2.24, 2.45) is 0 Å². The summed E-state index contributed by atoms with van der Waals surface area (Å²) in [5.74, 6) is 0.578. The third-order valence-corrected chi connectivity index (χ3v) is 4.59. The highest BCUT2D eigenvalue weighted by Gasteiger charge is 2.46. The van der Waals surface area contributed by atoms with Crippen molar-refractivity contribution in [3.05, 3.63) is 47.0 Å². The molecule has 29 heavy (non-hydrogen) atoms. The van der Waals surface area contributed by atoms with Crippen molar-refractivity contribution >= 4 is 17.1 Å². The summed E-state index contributed by atoms with van der Waals surface area (Å²) < 4.78 is 23.9. The zero-order valence-corrected chi connectivity index (χ0v) is 15.6. The number of H-pyrrole nitrogens is 1. The first-order chi connectivity index (χ1) is 14.1. The van der Waals surface area contributed by atoms with Crippen LogP contribution in [0.25, 0.3) is 11.2 Å². The molecule has 1 aromatic carbocycles. The molecule has 2 aromatic heterocycles. The summed E-state index contributed by atoms with van der Waals surface area (Å²) in [5, 5.41) is 10.9. The van der Waals surface area contributed by atoms with E-state index in [1.807, 2.05) is 18.2 Å². The predicted molar refractivity (Wildman–Crippen MR) is 101 cm³/mol. The van der Waals surface area contributed by atoms with Gasteiger partial charge in [-0.2, -0.15) is 4.98 Å². The van der Waals surface area contributed by atoms with E-state index in [9.17, 15) is 9.90 Å². The lowest BCUT2D eigenvalue weighted by atomic mass is 10.1. The number of aliphatic hydroxyl groups excluding tert-OH is 1. The molecule has 0 amide bonds. The molecule has 0 radical (unpaired) electrons. The second-order valence-electron chi connectivity index (χ2n) is 6.49. The van der Waals surface area contributed by atoms with Crippen molar-refractivity contribution in [2.45, 2.75) is 24.5 Å². The van der Waals surface area contributed by atoms with Crippen LogP contribution in [0.5, 0.6) is 5.75 Å². The molecule has 0 aliphatic carbocycles. The Morgan fingerprint density at radius 2 is 2.14 bits per heavy atom. The molecule has 4 unspecified atom stereocenters. The number of para-hydroxylation sites is 1. The van der Waals surface area contributed by atoms with E-state index in [0.717, 1.165) is 0 Å². The molecule has 4 N–H and O–H groups in total. The fourth-order valence-corrected chi connectivity index (χ4v) is 3.28. The van der Waals surface area contributed by atoms with Gasteiger partial charge in [0.15, 0.2) is 24.2 Å². The minimum Gasteiger partial charge on any atom is -0.468 e. The second-order valence-corrected chi connectivity index (χ2v) is 6.49. The SMILES string of the molecule is COCC1OC(n2cnc3c(=O)[nH]c(N)nc32)C(O)C1OCOc1ccccc1. The molecule has 154 valence electrons. The number of ether oxygens (including phenoxy) is 4. The summed E-state index contributed by atoms with van der Waals surface area (Å²) in [6.07, 6.45) is -1.92. The number of aliphatic hydroxyl groups is 1. The third kappa shape index (κ3) is 3.80. The van der Waals surface area contributed by atoms with Crippen molar-refractivity contribution in [2.75, 3.05) is 26.2 Å². The molecule has 1 saturated heterocycles. The van der Waals surface area contributed by atoms with Gasteiger partial charge >= 0.3 is 0 Å². The summed E-state index contributed by atoms with van der Waals surface area (Å²) >= 11 is 0. The van der Waals surface area contributed by atoms with Crippen molar-refractivity contribution in [1.29, 1.82) is 0 Å². The summed E-state index contributed by atoms with van der Waals surface area (Å²) in [6.45, 7) is 0.101. The number of nitrogens with one attached hydrogen (secondary N) is 1. The fourth-order valence-electron chi connectivity index (χ4n) is 3.28. The van der Waals surface area contributed by atoms with Gasteiger partial charge in [-0.05, 0) is 12.1 Å². The average Bonchev–Trinajstić information content (AvgIpc) is 3.25. The van der Waals surface area contributed by atoms with Gasteiger partial charge in [0.2, 0.25) is 5.95 Å². The minimum atomic E-state index is -1.09. The van der Waals surface area contributed by atoms with Gasteiger partial charge in [-0.3, -0.25) is 14.3 Å². The highest BCUT2D eigenvalue weighted by atomic mass is 16.7. The second kappa shape index (κ2) is 8.17. The highest BCUT2D eigenvalue weighted by Crippen LogP contribution is 2.33. The van der Waals surface area contributed by atoms with E-state index in [2.05, 4.69) is 15.0 Å². The Hall–Kier alpha value is -2.99. The van der Waals surface area contributed by atoms with E-state index in [0.29, 0.717) is 5.75 Å². The van der Waals surface area contributed by atoms with Crippen LogP contribution in [-0.2, 0) is 14.2 Å². The van der Waals surface area contributed by atoms with Crippen LogP contribution in [0.4, 0.5) is 5.95 Å². The van der Waals surface area contributed by atoms with Gasteiger partial charge in [0.25, 0.3) is 5.56 Å². The molecule has 11 heteroatoms. The van der Waals surface area contributed by atoms with E-state index >= 15 is 0 Å². The third-order valence-electron chi connectivity index (χ3n) is 4.59. The molecule has 1 aliphatic heterocycles. The van der Waals surface area contributed by atoms with Crippen LogP contribution in [0.2, 0.25) is 0 Å². The van der Waals surface area contributed by atoms with Gasteiger partial charge in [-0.25, -0.2) is 4.98 Å². The largest absolute Gasteiger partial charge is 0.468 e. The Kier molecular flexibility index (Phi) is 5.45. The zero-order chi connectivity index (χ0) is 20.4. The number of rotatable bonds is 7. The number of hydrogen-bond donors (Lipinski definition) is 3. The fraction of sp³-hybridized carbons (Fsp3) is 0.389. The van der Waals surface area contributed by atoms with Crippen molar-refractivity contribution in [1.82, 2.24) is 19.5 Å². The van der Waals surface area contributed by atoms with Gasteiger partial charge < -0.3 is 29.8 Å². The Morgan fingerprint density at radius 1 is 1.34 bits per heavy atom. The molecule has 0 bridgehead atoms. The van der Waals surface area contributed by atoms with Gasteiger partial charge in [0, 0.05) is 7.11 Å². The molecule has 4 atom stereocenters. The summed E-state index contributed by atoms with van der Waals surface area (Å²) in [7, 11) is 1.52. The van der Waals surface area contributed by atoms with E-state index in [4.69, 9.17) is 24.7 Å². The first-order valence-corrected chi connectivity index (χ1v) is 8.92. The molecule has 1 aliphatic rings. The Morgan fingerprint density at radius 3 is 2.90 bits per heavy atom. The van der Waals surface area contributed by atoms with Crippen LogP contribution in [-0.4, -0.2) is 63.4 Å². The standard InChI is InChI=1S/C18H21N5O6/c1-26-7-11-14(28-9-27-10-5-3-2-4-6-10)13(24)17(29-11)23-8-20-12-15(23)21-18(19)22-16(12)25/h2-6,8,11,13-14,17,24H,7,9H2,1H3,(H3,19,21,22,25). The van der Waals surface area contributed by atoms with Crippen molar-refractivity contribution < 1.29 is 24.1 Å². The number of aromatic nitrogens is 4. The number of benzene rings is 1. The van der Waals surface area contributed by atoms with Gasteiger partial charge in [-0.15, -0.1) is 0 Å². The Bertz CT molecular complexity index is 1020. The molecule has 0 spiro atoms. The minimum absolute atomic E-state index is 0.0609. The lowest BCUT2D eigenvalue weighted by Crippen LogP contribution is -2.37. The van der Waals surface area contributed by atoms with Crippen LogP contribution in [0.15, 0.2) is 41.5 Å². The molecule has 0 saturated carbocycles. The summed E-state index contributed by atoms with van der Waals surface area (Å²) in [4.78, 5) is 22.5. The van der Waals surface area contributed by atoms with Crippen LogP contribution >= 0.6 is 0 Å². The quantitative estimate of drug-likeness (QED) is 0.465. The maximum absolute atomic E-state index is 12.0. The molecule has 3 aromatic rings. The van der Waals surface area contributed by atoms with E-state index in [1.54, 1.807) is 12.1 Å². The lowest BCUT2D eigenvalue weighted by molar-refractivity contribution is -0.102. The van der Waals surface area contributed by atoms with E-state index < -0.39 is 30.1 Å². The number of aromatic amines is 1. The monoisotopic (exact) mass is 403 g/mol. The molecular formula is C18H21N5O6. The number of anilines is 1. The zero-order valence-electron chi connectivity index (χ0n) is 15.6. The highest BCUT2D eigenvalue weighted by molar-refractivity contribution is 5.70.